The van der Waals surface area contributed by atoms with Crippen molar-refractivity contribution >= 4 is 5.78 Å². The van der Waals surface area contributed by atoms with Crippen LogP contribution in [0.1, 0.15) is 56.1 Å². The number of nitrogens with zero attached hydrogens (tertiary/aromatic N) is 1. The minimum atomic E-state index is -0.921. The smallest absolute Gasteiger partial charge is 0.164 e. The largest absolute Gasteiger partial charge is 0.504 e. The summed E-state index contributed by atoms with van der Waals surface area (Å²) in [5.41, 5.74) is 0.355. The molecule has 2 fully saturated rings. The molecule has 2 N–H and O–H groups in total. The van der Waals surface area contributed by atoms with Crippen LogP contribution in [0.5, 0.6) is 11.5 Å². The molecule has 1 aromatic carbocycles. The number of methoxy groups -OCH3 is 1. The molecule has 0 spiro atoms. The van der Waals surface area contributed by atoms with Gasteiger partial charge in [0.1, 0.15) is 5.78 Å². The van der Waals surface area contributed by atoms with E-state index >= 15 is 0 Å². The Morgan fingerprint density at radius 2 is 2.00 bits per heavy atom. The predicted molar refractivity (Wildman–Crippen MR) is 103 cm³/mol. The number of aromatic hydroxyl groups is 1. The second-order valence-corrected chi connectivity index (χ2v) is 8.94. The van der Waals surface area contributed by atoms with E-state index in [-0.39, 0.29) is 11.5 Å². The Kier molecular flexibility index (Phi) is 4.71. The average molecular weight is 373 g/mol. The maximum atomic E-state index is 12.6. The van der Waals surface area contributed by atoms with E-state index in [1.165, 1.54) is 12.8 Å². The molecule has 1 aromatic rings. The molecule has 0 aromatic heterocycles. The number of phenolic OH excluding ortho intramolecular Hbond substituents is 1. The number of hydrogen-bond acceptors (Lipinski definition) is 5. The van der Waals surface area contributed by atoms with Gasteiger partial charge in [-0.25, -0.2) is 0 Å². The number of fused-ring (bicyclic) bond motifs is 3. The van der Waals surface area contributed by atoms with Gasteiger partial charge in [-0.2, -0.15) is 0 Å². The Morgan fingerprint density at radius 3 is 2.70 bits per heavy atom. The molecule has 3 aliphatic carbocycles. The molecule has 4 rings (SSSR count). The second-order valence-electron chi connectivity index (χ2n) is 8.94. The summed E-state index contributed by atoms with van der Waals surface area (Å²) in [5.74, 6) is 1.52. The van der Waals surface area contributed by atoms with Crippen molar-refractivity contribution in [3.8, 4) is 11.5 Å². The van der Waals surface area contributed by atoms with Crippen LogP contribution in [-0.4, -0.2) is 53.7 Å². The average Bonchev–Trinajstić information content (AvgIpc) is 3.45. The van der Waals surface area contributed by atoms with Gasteiger partial charge in [-0.05, 0) is 69.7 Å². The van der Waals surface area contributed by atoms with Gasteiger partial charge in [-0.15, -0.1) is 0 Å². The fourth-order valence-corrected chi connectivity index (χ4v) is 5.41. The molecule has 0 saturated heterocycles. The third-order valence-corrected chi connectivity index (χ3v) is 7.11. The molecular weight excluding hydrogens is 342 g/mol. The molecule has 3 aliphatic rings. The number of hydrogen-bond donors (Lipinski definition) is 2. The van der Waals surface area contributed by atoms with Gasteiger partial charge in [-0.3, -0.25) is 4.79 Å². The van der Waals surface area contributed by atoms with Crippen LogP contribution < -0.4 is 4.74 Å². The fourth-order valence-electron chi connectivity index (χ4n) is 5.41. The first kappa shape index (κ1) is 18.8. The van der Waals surface area contributed by atoms with Crippen molar-refractivity contribution < 1.29 is 19.7 Å². The summed E-state index contributed by atoms with van der Waals surface area (Å²) in [7, 11) is 3.68. The van der Waals surface area contributed by atoms with E-state index < -0.39 is 11.0 Å². The van der Waals surface area contributed by atoms with Crippen LogP contribution >= 0.6 is 0 Å². The van der Waals surface area contributed by atoms with Gasteiger partial charge in [0, 0.05) is 30.4 Å². The van der Waals surface area contributed by atoms with Gasteiger partial charge in [0.15, 0.2) is 11.5 Å². The lowest BCUT2D eigenvalue weighted by Gasteiger charge is -2.54. The quantitative estimate of drug-likeness (QED) is 0.802. The zero-order valence-electron chi connectivity index (χ0n) is 16.5. The molecule has 0 heterocycles. The third kappa shape index (κ3) is 3.15. The molecule has 2 saturated carbocycles. The van der Waals surface area contributed by atoms with Crippen molar-refractivity contribution in [3.05, 3.63) is 23.3 Å². The molecule has 0 unspecified atom stereocenters. The van der Waals surface area contributed by atoms with Crippen LogP contribution in [0.25, 0.3) is 0 Å². The van der Waals surface area contributed by atoms with Crippen molar-refractivity contribution in [1.82, 2.24) is 4.90 Å². The first-order chi connectivity index (χ1) is 12.9. The summed E-state index contributed by atoms with van der Waals surface area (Å²) in [6.07, 6.45) is 5.98. The summed E-state index contributed by atoms with van der Waals surface area (Å²) in [5, 5.41) is 22.1. The molecule has 0 amide bonds. The Labute approximate surface area is 161 Å². The number of rotatable bonds is 6. The van der Waals surface area contributed by atoms with Crippen LogP contribution in [0.3, 0.4) is 0 Å². The highest BCUT2D eigenvalue weighted by Crippen LogP contribution is 2.57. The van der Waals surface area contributed by atoms with E-state index in [0.717, 1.165) is 36.6 Å². The maximum Gasteiger partial charge on any atom is 0.164 e. The zero-order valence-corrected chi connectivity index (χ0v) is 16.5. The Morgan fingerprint density at radius 1 is 1.26 bits per heavy atom. The summed E-state index contributed by atoms with van der Waals surface area (Å²) >= 11 is 0. The van der Waals surface area contributed by atoms with E-state index in [1.54, 1.807) is 13.2 Å². The molecule has 5 nitrogen and oxygen atoms in total. The lowest BCUT2D eigenvalue weighted by molar-refractivity contribution is -0.138. The topological polar surface area (TPSA) is 70.0 Å². The molecule has 148 valence electrons. The SMILES string of the molecule is COc1c(O)ccc2c1[C@@]1(CCN(C)CC3CC3)CC(=O)CC[C@@]1(O)CC2. The summed E-state index contributed by atoms with van der Waals surface area (Å²) in [6.45, 7) is 1.90. The van der Waals surface area contributed by atoms with E-state index in [2.05, 4.69) is 11.9 Å². The minimum absolute atomic E-state index is 0.0873. The molecular formula is C22H31NO4. The van der Waals surface area contributed by atoms with E-state index in [0.29, 0.717) is 37.9 Å². The molecule has 0 bridgehead atoms. The van der Waals surface area contributed by atoms with E-state index in [1.807, 2.05) is 6.07 Å². The molecule has 5 heteroatoms. The van der Waals surface area contributed by atoms with Crippen molar-refractivity contribution in [3.63, 3.8) is 0 Å². The van der Waals surface area contributed by atoms with E-state index in [4.69, 9.17) is 4.74 Å². The minimum Gasteiger partial charge on any atom is -0.504 e. The van der Waals surface area contributed by atoms with Gasteiger partial charge in [-0.1, -0.05) is 6.07 Å². The highest BCUT2D eigenvalue weighted by molar-refractivity contribution is 5.82. The first-order valence-electron chi connectivity index (χ1n) is 10.2. The number of ether oxygens (including phenoxy) is 1. The number of aliphatic hydroxyl groups is 1. The zero-order chi connectivity index (χ0) is 19.2. The monoisotopic (exact) mass is 373 g/mol. The van der Waals surface area contributed by atoms with Crippen LogP contribution in [-0.2, 0) is 16.6 Å². The third-order valence-electron chi connectivity index (χ3n) is 7.11. The number of carbonyl (C=O) groups excluding carboxylic acids is 1. The molecule has 2 atom stereocenters. The number of Topliss-reactive ketones (excluding diaryl/α,β-unsaturated/α-hetero) is 1. The van der Waals surface area contributed by atoms with Crippen molar-refractivity contribution in [2.24, 2.45) is 5.92 Å². The first-order valence-corrected chi connectivity index (χ1v) is 10.2. The van der Waals surface area contributed by atoms with Gasteiger partial charge >= 0.3 is 0 Å². The predicted octanol–water partition coefficient (Wildman–Crippen LogP) is 2.80. The number of phenols is 1. The normalized spacial score (nSPS) is 30.1. The number of benzene rings is 1. The van der Waals surface area contributed by atoms with Gasteiger partial charge in [0.25, 0.3) is 0 Å². The van der Waals surface area contributed by atoms with Crippen molar-refractivity contribution in [1.29, 1.82) is 0 Å². The number of ketones is 1. The highest BCUT2D eigenvalue weighted by atomic mass is 16.5. The Hall–Kier alpha value is -1.59. The molecule has 0 radical (unpaired) electrons. The van der Waals surface area contributed by atoms with Crippen LogP contribution in [0.2, 0.25) is 0 Å². The van der Waals surface area contributed by atoms with E-state index in [9.17, 15) is 15.0 Å². The van der Waals surface area contributed by atoms with Crippen LogP contribution in [0, 0.1) is 5.92 Å². The second kappa shape index (κ2) is 6.78. The molecule has 0 aliphatic heterocycles. The molecule has 27 heavy (non-hydrogen) atoms. The standard InChI is InChI=1S/C22H31NO4/c1-23(14-15-3-4-15)12-11-21-13-17(24)8-10-22(21,26)9-7-16-5-6-18(25)20(27-2)19(16)21/h5-6,15,25-26H,3-4,7-14H2,1-2H3/t21-,22+/m1/s1. The fraction of sp³-hybridized carbons (Fsp3) is 0.682. The van der Waals surface area contributed by atoms with Gasteiger partial charge in [0.2, 0.25) is 0 Å². The van der Waals surface area contributed by atoms with Gasteiger partial charge in [0.05, 0.1) is 12.7 Å². The van der Waals surface area contributed by atoms with Crippen molar-refractivity contribution in [2.45, 2.75) is 62.4 Å². The summed E-state index contributed by atoms with van der Waals surface area (Å²) < 4.78 is 5.59. The number of aryl methyl sites for hydroxylation is 1. The Balaban J connectivity index is 1.77. The van der Waals surface area contributed by atoms with Crippen LogP contribution in [0.15, 0.2) is 12.1 Å². The van der Waals surface area contributed by atoms with Gasteiger partial charge < -0.3 is 19.8 Å². The Bertz CT molecular complexity index is 744. The van der Waals surface area contributed by atoms with Crippen LogP contribution in [0.4, 0.5) is 0 Å². The summed E-state index contributed by atoms with van der Waals surface area (Å²) in [6, 6.07) is 3.60. The number of carbonyl (C=O) groups is 1. The lowest BCUT2D eigenvalue weighted by atomic mass is 9.52. The lowest BCUT2D eigenvalue weighted by Crippen LogP contribution is -2.59. The highest BCUT2D eigenvalue weighted by Gasteiger charge is 2.58. The van der Waals surface area contributed by atoms with Crippen molar-refractivity contribution in [2.75, 3.05) is 27.2 Å². The maximum absolute atomic E-state index is 12.6. The summed E-state index contributed by atoms with van der Waals surface area (Å²) in [4.78, 5) is 14.9.